The molecule has 2 aromatic rings. The minimum atomic E-state index is 0.0373. The van der Waals surface area contributed by atoms with E-state index in [1.807, 2.05) is 0 Å². The largest absolute Gasteiger partial charge is 0.287 e. The third-order valence-corrected chi connectivity index (χ3v) is 3.64. The summed E-state index contributed by atoms with van der Waals surface area (Å²) in [6.07, 6.45) is 2.63. The molecule has 3 rings (SSSR count). The van der Waals surface area contributed by atoms with Crippen LogP contribution in [0.2, 0.25) is 0 Å². The number of aryl methyl sites for hydroxylation is 1. The lowest BCUT2D eigenvalue weighted by Crippen LogP contribution is -2.26. The Morgan fingerprint density at radius 2 is 2.40 bits per heavy atom. The third kappa shape index (κ3) is 1.21. The molecule has 0 spiro atoms. The van der Waals surface area contributed by atoms with Crippen molar-refractivity contribution < 1.29 is 0 Å². The van der Waals surface area contributed by atoms with Crippen molar-refractivity contribution >= 4 is 22.8 Å². The predicted octanol–water partition coefficient (Wildman–Crippen LogP) is 0.626. The molecule has 0 N–H and O–H groups in total. The Hall–Kier alpha value is -1.30. The number of thioether (sulfide) groups is 1. The first-order valence-corrected chi connectivity index (χ1v) is 5.81. The van der Waals surface area contributed by atoms with Crippen LogP contribution in [0.15, 0.2) is 16.1 Å². The maximum Gasteiger partial charge on any atom is 0.265 e. The lowest BCUT2D eigenvalue weighted by Gasteiger charge is -2.15. The fraction of sp³-hybridized carbons (Fsp3) is 0.444. The molecule has 0 bridgehead atoms. The van der Waals surface area contributed by atoms with Crippen molar-refractivity contribution in [1.82, 2.24) is 19.3 Å². The molecule has 1 aliphatic heterocycles. The molecule has 78 valence electrons. The lowest BCUT2D eigenvalue weighted by molar-refractivity contribution is 0.569. The fourth-order valence-electron chi connectivity index (χ4n) is 1.79. The maximum absolute atomic E-state index is 12.0. The van der Waals surface area contributed by atoms with Crippen molar-refractivity contribution in [3.8, 4) is 0 Å². The van der Waals surface area contributed by atoms with Gasteiger partial charge in [-0.1, -0.05) is 11.8 Å². The zero-order valence-corrected chi connectivity index (χ0v) is 9.12. The Bertz CT molecular complexity index is 586. The van der Waals surface area contributed by atoms with Crippen LogP contribution in [0.1, 0.15) is 6.42 Å². The minimum absolute atomic E-state index is 0.0373. The summed E-state index contributed by atoms with van der Waals surface area (Å²) in [7, 11) is 1.80. The molecule has 0 aromatic carbocycles. The van der Waals surface area contributed by atoms with E-state index in [4.69, 9.17) is 0 Å². The summed E-state index contributed by atoms with van der Waals surface area (Å²) in [6.45, 7) is 0.777. The molecule has 0 unspecified atom stereocenters. The smallest absolute Gasteiger partial charge is 0.265 e. The highest BCUT2D eigenvalue weighted by atomic mass is 32.2. The van der Waals surface area contributed by atoms with Gasteiger partial charge in [0.15, 0.2) is 10.8 Å². The Kier molecular flexibility index (Phi) is 1.85. The SMILES string of the molecule is Cn1ncc2c(=O)n3c(nc21)SCCC3. The van der Waals surface area contributed by atoms with Gasteiger partial charge < -0.3 is 0 Å². The van der Waals surface area contributed by atoms with Gasteiger partial charge in [-0.2, -0.15) is 5.10 Å². The van der Waals surface area contributed by atoms with E-state index in [2.05, 4.69) is 10.1 Å². The first-order valence-electron chi connectivity index (χ1n) is 4.83. The molecule has 3 heterocycles. The Balaban J connectivity index is 2.43. The molecule has 5 nitrogen and oxygen atoms in total. The molecule has 0 saturated heterocycles. The number of nitrogens with zero attached hydrogens (tertiary/aromatic N) is 4. The second-order valence-electron chi connectivity index (χ2n) is 3.56. The van der Waals surface area contributed by atoms with Crippen LogP contribution in [0.4, 0.5) is 0 Å². The zero-order valence-electron chi connectivity index (χ0n) is 8.30. The third-order valence-electron chi connectivity index (χ3n) is 2.57. The summed E-state index contributed by atoms with van der Waals surface area (Å²) < 4.78 is 3.39. The van der Waals surface area contributed by atoms with Crippen LogP contribution < -0.4 is 5.56 Å². The molecule has 0 saturated carbocycles. The van der Waals surface area contributed by atoms with Gasteiger partial charge in [-0.25, -0.2) is 4.98 Å². The Morgan fingerprint density at radius 3 is 3.27 bits per heavy atom. The summed E-state index contributed by atoms with van der Waals surface area (Å²) in [5, 5.41) is 5.50. The van der Waals surface area contributed by atoms with E-state index in [-0.39, 0.29) is 5.56 Å². The molecule has 0 amide bonds. The van der Waals surface area contributed by atoms with Gasteiger partial charge in [0.2, 0.25) is 0 Å². The van der Waals surface area contributed by atoms with Crippen LogP contribution in [-0.4, -0.2) is 25.1 Å². The number of hydrogen-bond donors (Lipinski definition) is 0. The number of aromatic nitrogens is 4. The standard InChI is InChI=1S/C9H10N4OS/c1-12-7-6(5-10-12)8(14)13-3-2-4-15-9(13)11-7/h5H,2-4H2,1H3. The van der Waals surface area contributed by atoms with Gasteiger partial charge in [-0.3, -0.25) is 14.0 Å². The molecule has 0 fully saturated rings. The van der Waals surface area contributed by atoms with Crippen molar-refractivity contribution in [1.29, 1.82) is 0 Å². The molecule has 0 aliphatic carbocycles. The monoisotopic (exact) mass is 222 g/mol. The Morgan fingerprint density at radius 1 is 1.53 bits per heavy atom. The van der Waals surface area contributed by atoms with E-state index in [1.165, 1.54) is 0 Å². The van der Waals surface area contributed by atoms with Crippen LogP contribution >= 0.6 is 11.8 Å². The van der Waals surface area contributed by atoms with Crippen LogP contribution in [-0.2, 0) is 13.6 Å². The highest BCUT2D eigenvalue weighted by Gasteiger charge is 2.16. The molecule has 2 aromatic heterocycles. The van der Waals surface area contributed by atoms with E-state index in [1.54, 1.807) is 34.3 Å². The van der Waals surface area contributed by atoms with Crippen LogP contribution in [0, 0.1) is 0 Å². The van der Waals surface area contributed by atoms with Crippen molar-refractivity contribution in [3.63, 3.8) is 0 Å². The van der Waals surface area contributed by atoms with E-state index in [9.17, 15) is 4.79 Å². The Labute approximate surface area is 90.1 Å². The maximum atomic E-state index is 12.0. The highest BCUT2D eigenvalue weighted by molar-refractivity contribution is 7.99. The molecule has 15 heavy (non-hydrogen) atoms. The quantitative estimate of drug-likeness (QED) is 0.613. The number of hydrogen-bond acceptors (Lipinski definition) is 4. The van der Waals surface area contributed by atoms with Crippen molar-refractivity contribution in [2.24, 2.45) is 7.05 Å². The molecule has 1 aliphatic rings. The average Bonchev–Trinajstić information content (AvgIpc) is 2.62. The summed E-state index contributed by atoms with van der Waals surface area (Å²) in [5.41, 5.74) is 0.718. The van der Waals surface area contributed by atoms with Gasteiger partial charge in [0.25, 0.3) is 5.56 Å². The molecular formula is C9H10N4OS. The van der Waals surface area contributed by atoms with Crippen molar-refractivity contribution in [2.45, 2.75) is 18.1 Å². The molecule has 0 radical (unpaired) electrons. The molecular weight excluding hydrogens is 212 g/mol. The predicted molar refractivity (Wildman–Crippen MR) is 58.1 cm³/mol. The zero-order chi connectivity index (χ0) is 10.4. The van der Waals surface area contributed by atoms with E-state index in [0.29, 0.717) is 11.0 Å². The second kappa shape index (κ2) is 3.10. The minimum Gasteiger partial charge on any atom is -0.287 e. The summed E-state index contributed by atoms with van der Waals surface area (Å²) in [6, 6.07) is 0. The van der Waals surface area contributed by atoms with Gasteiger partial charge in [-0.15, -0.1) is 0 Å². The molecule has 6 heteroatoms. The van der Waals surface area contributed by atoms with Gasteiger partial charge in [0.1, 0.15) is 5.39 Å². The van der Waals surface area contributed by atoms with Gasteiger partial charge >= 0.3 is 0 Å². The van der Waals surface area contributed by atoms with Gasteiger partial charge in [0.05, 0.1) is 6.20 Å². The van der Waals surface area contributed by atoms with Crippen LogP contribution in [0.3, 0.4) is 0 Å². The second-order valence-corrected chi connectivity index (χ2v) is 4.62. The van der Waals surface area contributed by atoms with Gasteiger partial charge in [-0.05, 0) is 6.42 Å². The van der Waals surface area contributed by atoms with Crippen molar-refractivity contribution in [2.75, 3.05) is 5.75 Å². The molecule has 0 atom stereocenters. The fourth-order valence-corrected chi connectivity index (χ4v) is 2.73. The first-order chi connectivity index (χ1) is 7.27. The summed E-state index contributed by atoms with van der Waals surface area (Å²) in [4.78, 5) is 16.5. The first kappa shape index (κ1) is 8.96. The number of rotatable bonds is 0. The highest BCUT2D eigenvalue weighted by Crippen LogP contribution is 2.22. The van der Waals surface area contributed by atoms with Crippen LogP contribution in [0.25, 0.3) is 11.0 Å². The van der Waals surface area contributed by atoms with E-state index in [0.717, 1.165) is 23.9 Å². The van der Waals surface area contributed by atoms with Gasteiger partial charge in [0, 0.05) is 19.3 Å². The average molecular weight is 222 g/mol. The van der Waals surface area contributed by atoms with Crippen molar-refractivity contribution in [3.05, 3.63) is 16.6 Å². The topological polar surface area (TPSA) is 52.7 Å². The number of fused-ring (bicyclic) bond motifs is 2. The lowest BCUT2D eigenvalue weighted by atomic mass is 10.4. The van der Waals surface area contributed by atoms with E-state index >= 15 is 0 Å². The summed E-state index contributed by atoms with van der Waals surface area (Å²) >= 11 is 1.64. The van der Waals surface area contributed by atoms with Crippen LogP contribution in [0.5, 0.6) is 0 Å². The summed E-state index contributed by atoms with van der Waals surface area (Å²) in [5.74, 6) is 1.04. The van der Waals surface area contributed by atoms with E-state index < -0.39 is 0 Å². The normalized spacial score (nSPS) is 15.5.